The minimum Gasteiger partial charge on any atom is -0.461 e. The zero-order chi connectivity index (χ0) is 24.2. The quantitative estimate of drug-likeness (QED) is 0.166. The Morgan fingerprint density at radius 3 is 2.73 bits per heavy atom. The van der Waals surface area contributed by atoms with E-state index in [-0.39, 0.29) is 35.1 Å². The van der Waals surface area contributed by atoms with E-state index in [9.17, 15) is 19.5 Å². The van der Waals surface area contributed by atoms with Gasteiger partial charge in [0.05, 0.1) is 16.6 Å². The molecule has 1 spiro atoms. The number of halogens is 1. The first kappa shape index (κ1) is 26.3. The van der Waals surface area contributed by atoms with E-state index in [0.29, 0.717) is 38.9 Å². The monoisotopic (exact) mass is 542 g/mol. The lowest BCUT2D eigenvalue weighted by Crippen LogP contribution is -2.55. The van der Waals surface area contributed by atoms with E-state index in [1.807, 2.05) is 0 Å². The molecule has 2 bridgehead atoms. The van der Waals surface area contributed by atoms with E-state index in [2.05, 4.69) is 36.0 Å². The topological polar surface area (TPSA) is 87.2 Å². The number of likely N-dealkylation sites (tertiary alicyclic amines) is 1. The highest BCUT2D eigenvalue weighted by molar-refractivity contribution is 9.09. The second kappa shape index (κ2) is 11.4. The van der Waals surface area contributed by atoms with Gasteiger partial charge in [0.1, 0.15) is 12.6 Å². The number of nitrogens with zero attached hydrogens (tertiary/aromatic N) is 2. The summed E-state index contributed by atoms with van der Waals surface area (Å²) in [6, 6.07) is -0.641. The van der Waals surface area contributed by atoms with Gasteiger partial charge in [-0.15, -0.1) is 18.3 Å². The van der Waals surface area contributed by atoms with Gasteiger partial charge in [0, 0.05) is 36.3 Å². The van der Waals surface area contributed by atoms with Crippen LogP contribution in [0.2, 0.25) is 0 Å². The molecule has 0 aromatic rings. The number of carbonyl (C=O) groups is 3. The Hall–Kier alpha value is -1.32. The highest BCUT2D eigenvalue weighted by atomic mass is 79.9. The zero-order valence-electron chi connectivity index (χ0n) is 19.3. The number of hydrogen-bond donors (Lipinski definition) is 1. The predicted octanol–water partition coefficient (Wildman–Crippen LogP) is 2.77. The van der Waals surface area contributed by atoms with E-state index in [1.165, 1.54) is 6.08 Å². The normalized spacial score (nSPS) is 32.0. The van der Waals surface area contributed by atoms with Crippen molar-refractivity contribution in [2.45, 2.75) is 59.9 Å². The summed E-state index contributed by atoms with van der Waals surface area (Å²) in [4.78, 5) is 44.3. The van der Waals surface area contributed by atoms with Crippen LogP contribution in [0.15, 0.2) is 25.3 Å². The zero-order valence-corrected chi connectivity index (χ0v) is 21.7. The van der Waals surface area contributed by atoms with Crippen LogP contribution in [0.5, 0.6) is 0 Å². The summed E-state index contributed by atoms with van der Waals surface area (Å²) in [7, 11) is 0. The van der Waals surface area contributed by atoms with Gasteiger partial charge in [-0.3, -0.25) is 14.4 Å². The maximum atomic E-state index is 14.0. The summed E-state index contributed by atoms with van der Waals surface area (Å²) in [5.41, 5.74) is 0. The van der Waals surface area contributed by atoms with Gasteiger partial charge in [-0.2, -0.15) is 0 Å². The standard InChI is InChI=1S/C24H35BrN2O5S/c1-4-7-11-26(10-5-2)22(30)20-24-15-16(25)19(33-24)17(23(31)32-14-6-3)18(24)21(29)27(20)12-8-9-13-28/h5-6,16-20,28H,2-4,7-15H2,1H3/t16?,17-,18+,19-,20?,24?/m1/s1. The van der Waals surface area contributed by atoms with Gasteiger partial charge in [-0.05, 0) is 25.7 Å². The number of rotatable bonds is 13. The molecule has 0 aromatic heterocycles. The van der Waals surface area contributed by atoms with Gasteiger partial charge in [-0.25, -0.2) is 0 Å². The molecular formula is C24H35BrN2O5S. The Kier molecular flexibility index (Phi) is 9.08. The van der Waals surface area contributed by atoms with Crippen LogP contribution in [-0.4, -0.2) is 86.4 Å². The molecule has 1 N–H and O–H groups in total. The molecular weight excluding hydrogens is 508 g/mol. The molecule has 184 valence electrons. The fourth-order valence-corrected chi connectivity index (χ4v) is 9.11. The molecule has 3 heterocycles. The van der Waals surface area contributed by atoms with Crippen molar-refractivity contribution < 1.29 is 24.2 Å². The summed E-state index contributed by atoms with van der Waals surface area (Å²) in [6.07, 6.45) is 6.86. The largest absolute Gasteiger partial charge is 0.461 e. The van der Waals surface area contributed by atoms with Gasteiger partial charge >= 0.3 is 5.97 Å². The molecule has 3 unspecified atom stereocenters. The smallest absolute Gasteiger partial charge is 0.311 e. The maximum absolute atomic E-state index is 14.0. The Morgan fingerprint density at radius 2 is 2.09 bits per heavy atom. The number of alkyl halides is 1. The molecule has 3 fully saturated rings. The molecule has 6 atom stereocenters. The Bertz CT molecular complexity index is 780. The Labute approximate surface area is 209 Å². The van der Waals surface area contributed by atoms with Crippen LogP contribution < -0.4 is 0 Å². The minimum atomic E-state index is -0.671. The number of ether oxygens (including phenoxy) is 1. The van der Waals surface area contributed by atoms with E-state index in [0.717, 1.165) is 12.8 Å². The average molecular weight is 544 g/mol. The molecule has 0 saturated carbocycles. The number of carbonyl (C=O) groups excluding carboxylic acids is 3. The van der Waals surface area contributed by atoms with Gasteiger partial charge in [-0.1, -0.05) is 48.0 Å². The van der Waals surface area contributed by atoms with Crippen LogP contribution in [0.3, 0.4) is 0 Å². The SMILES string of the molecule is C=CCOC(=O)[C@H]1[C@@H]2SC3(CC2Br)C(C(=O)N(CC=C)CCCC)N(CCCCO)C(=O)[C@H]13. The lowest BCUT2D eigenvalue weighted by Gasteiger charge is -2.37. The van der Waals surface area contributed by atoms with Crippen molar-refractivity contribution in [3.63, 3.8) is 0 Å². The summed E-state index contributed by atoms with van der Waals surface area (Å²) in [5.74, 6) is -1.79. The summed E-state index contributed by atoms with van der Waals surface area (Å²) in [5, 5.41) is 9.15. The van der Waals surface area contributed by atoms with Crippen molar-refractivity contribution in [2.24, 2.45) is 11.8 Å². The Morgan fingerprint density at radius 1 is 1.33 bits per heavy atom. The van der Waals surface area contributed by atoms with Crippen LogP contribution in [-0.2, 0) is 19.1 Å². The van der Waals surface area contributed by atoms with Crippen molar-refractivity contribution in [2.75, 3.05) is 32.8 Å². The molecule has 2 amide bonds. The maximum Gasteiger partial charge on any atom is 0.311 e. The molecule has 0 aliphatic carbocycles. The molecule has 3 aliphatic rings. The first-order chi connectivity index (χ1) is 15.9. The molecule has 9 heteroatoms. The van der Waals surface area contributed by atoms with Crippen molar-refractivity contribution in [1.82, 2.24) is 9.80 Å². The third-order valence-corrected chi connectivity index (χ3v) is 10.1. The number of aliphatic hydroxyl groups excluding tert-OH is 1. The van der Waals surface area contributed by atoms with Gasteiger partial charge in [0.15, 0.2) is 0 Å². The van der Waals surface area contributed by atoms with Crippen LogP contribution in [0.25, 0.3) is 0 Å². The number of unbranched alkanes of at least 4 members (excludes halogenated alkanes) is 2. The van der Waals surface area contributed by atoms with E-state index in [4.69, 9.17) is 4.74 Å². The van der Waals surface area contributed by atoms with Crippen LogP contribution in [0, 0.1) is 11.8 Å². The van der Waals surface area contributed by atoms with Crippen molar-refractivity contribution in [3.05, 3.63) is 25.3 Å². The number of amides is 2. The third-order valence-electron chi connectivity index (χ3n) is 6.89. The second-order valence-corrected chi connectivity index (χ2v) is 11.7. The molecule has 33 heavy (non-hydrogen) atoms. The molecule has 7 nitrogen and oxygen atoms in total. The average Bonchev–Trinajstić information content (AvgIpc) is 3.38. The lowest BCUT2D eigenvalue weighted by molar-refractivity contribution is -0.153. The van der Waals surface area contributed by atoms with Crippen molar-refractivity contribution in [3.8, 4) is 0 Å². The van der Waals surface area contributed by atoms with E-state index >= 15 is 0 Å². The lowest BCUT2D eigenvalue weighted by atomic mass is 9.71. The highest BCUT2D eigenvalue weighted by Gasteiger charge is 2.76. The minimum absolute atomic E-state index is 0.0176. The highest BCUT2D eigenvalue weighted by Crippen LogP contribution is 2.68. The number of esters is 1. The van der Waals surface area contributed by atoms with Crippen LogP contribution >= 0.6 is 27.7 Å². The van der Waals surface area contributed by atoms with Crippen LogP contribution in [0.4, 0.5) is 0 Å². The van der Waals surface area contributed by atoms with Gasteiger partial charge < -0.3 is 19.6 Å². The van der Waals surface area contributed by atoms with Crippen LogP contribution in [0.1, 0.15) is 39.0 Å². The van der Waals surface area contributed by atoms with E-state index < -0.39 is 28.6 Å². The van der Waals surface area contributed by atoms with Gasteiger partial charge in [0.25, 0.3) is 0 Å². The van der Waals surface area contributed by atoms with E-state index in [1.54, 1.807) is 27.6 Å². The summed E-state index contributed by atoms with van der Waals surface area (Å²) < 4.78 is 4.72. The fourth-order valence-electron chi connectivity index (χ4n) is 5.52. The summed E-state index contributed by atoms with van der Waals surface area (Å²) >= 11 is 5.35. The number of fused-ring (bicyclic) bond motifs is 1. The Balaban J connectivity index is 1.99. The van der Waals surface area contributed by atoms with Gasteiger partial charge in [0.2, 0.25) is 11.8 Å². The van der Waals surface area contributed by atoms with Crippen molar-refractivity contribution in [1.29, 1.82) is 0 Å². The summed E-state index contributed by atoms with van der Waals surface area (Å²) in [6.45, 7) is 11.0. The van der Waals surface area contributed by atoms with Crippen molar-refractivity contribution >= 4 is 45.5 Å². The fraction of sp³-hybridized carbons (Fsp3) is 0.708. The number of hydrogen-bond acceptors (Lipinski definition) is 6. The first-order valence-electron chi connectivity index (χ1n) is 11.8. The second-order valence-electron chi connectivity index (χ2n) is 8.97. The predicted molar refractivity (Wildman–Crippen MR) is 133 cm³/mol. The molecule has 0 aromatic carbocycles. The number of thioether (sulfide) groups is 1. The molecule has 3 saturated heterocycles. The first-order valence-corrected chi connectivity index (χ1v) is 13.6. The number of aliphatic hydroxyl groups is 1. The molecule has 3 rings (SSSR count). The molecule has 0 radical (unpaired) electrons. The molecule has 3 aliphatic heterocycles. The third kappa shape index (κ3) is 4.78.